The van der Waals surface area contributed by atoms with Crippen LogP contribution in [0.15, 0.2) is 25.4 Å². The van der Waals surface area contributed by atoms with Gasteiger partial charge >= 0.3 is 0 Å². The fourth-order valence-electron chi connectivity index (χ4n) is 2.64. The van der Waals surface area contributed by atoms with E-state index in [2.05, 4.69) is 15.3 Å². The van der Waals surface area contributed by atoms with Gasteiger partial charge in [0.15, 0.2) is 5.82 Å². The highest BCUT2D eigenvalue weighted by molar-refractivity contribution is 7.91. The summed E-state index contributed by atoms with van der Waals surface area (Å²) < 4.78 is 38.1. The first-order valence-corrected chi connectivity index (χ1v) is 10.8. The van der Waals surface area contributed by atoms with Gasteiger partial charge in [-0.15, -0.1) is 11.3 Å². The van der Waals surface area contributed by atoms with Crippen molar-refractivity contribution >= 4 is 21.4 Å². The molecule has 27 heavy (non-hydrogen) atoms. The van der Waals surface area contributed by atoms with Crippen LogP contribution in [-0.4, -0.2) is 34.6 Å². The summed E-state index contributed by atoms with van der Waals surface area (Å²) in [5.41, 5.74) is 1.57. The van der Waals surface area contributed by atoms with Crippen molar-refractivity contribution in [3.05, 3.63) is 35.3 Å². The van der Waals surface area contributed by atoms with Gasteiger partial charge in [0.05, 0.1) is 17.8 Å². The van der Waals surface area contributed by atoms with E-state index in [9.17, 15) is 8.42 Å². The van der Waals surface area contributed by atoms with Crippen molar-refractivity contribution in [2.24, 2.45) is 0 Å². The van der Waals surface area contributed by atoms with Crippen LogP contribution in [0, 0.1) is 13.8 Å². The Balaban J connectivity index is 1.87. The van der Waals surface area contributed by atoms with Gasteiger partial charge in [-0.25, -0.2) is 8.42 Å². The highest BCUT2D eigenvalue weighted by Gasteiger charge is 2.28. The minimum atomic E-state index is -3.68. The SMILES string of the molecule is CCN(Cc1nc(C(C)C)no1)S(=O)(=O)c1ccc(-c2c(C)noc2C)s1. The largest absolute Gasteiger partial charge is 0.361 e. The van der Waals surface area contributed by atoms with Crippen LogP contribution in [-0.2, 0) is 16.6 Å². The van der Waals surface area contributed by atoms with E-state index in [0.717, 1.165) is 16.1 Å². The fourth-order valence-corrected chi connectivity index (χ4v) is 5.64. The molecule has 0 aromatic carbocycles. The van der Waals surface area contributed by atoms with Crippen LogP contribution >= 0.6 is 11.3 Å². The number of hydrogen-bond acceptors (Lipinski definition) is 8. The van der Waals surface area contributed by atoms with E-state index in [4.69, 9.17) is 9.05 Å². The van der Waals surface area contributed by atoms with Gasteiger partial charge in [0.25, 0.3) is 10.0 Å². The van der Waals surface area contributed by atoms with Crippen molar-refractivity contribution in [2.45, 2.75) is 51.3 Å². The first-order valence-electron chi connectivity index (χ1n) is 8.59. The lowest BCUT2D eigenvalue weighted by Gasteiger charge is -2.17. The molecule has 146 valence electrons. The van der Waals surface area contributed by atoms with Crippen LogP contribution in [0.1, 0.15) is 49.9 Å². The third kappa shape index (κ3) is 3.83. The van der Waals surface area contributed by atoms with Crippen molar-refractivity contribution in [3.63, 3.8) is 0 Å². The molecule has 0 fully saturated rings. The van der Waals surface area contributed by atoms with Gasteiger partial charge in [-0.1, -0.05) is 31.1 Å². The van der Waals surface area contributed by atoms with Gasteiger partial charge in [-0.3, -0.25) is 0 Å². The lowest BCUT2D eigenvalue weighted by molar-refractivity contribution is 0.319. The maximum atomic E-state index is 13.1. The average Bonchev–Trinajstić information content (AvgIpc) is 3.33. The summed E-state index contributed by atoms with van der Waals surface area (Å²) in [5.74, 6) is 1.63. The third-order valence-electron chi connectivity index (χ3n) is 4.12. The zero-order chi connectivity index (χ0) is 19.8. The molecule has 0 atom stereocenters. The molecule has 0 radical (unpaired) electrons. The molecular weight excluding hydrogens is 388 g/mol. The quantitative estimate of drug-likeness (QED) is 0.584. The molecule has 3 heterocycles. The number of aryl methyl sites for hydroxylation is 2. The molecule has 0 N–H and O–H groups in total. The molecule has 0 saturated heterocycles. The highest BCUT2D eigenvalue weighted by atomic mass is 32.2. The molecule has 0 aliphatic carbocycles. The Labute approximate surface area is 162 Å². The summed E-state index contributed by atoms with van der Waals surface area (Å²) in [6.07, 6.45) is 0. The molecule has 3 rings (SSSR count). The van der Waals surface area contributed by atoms with Crippen molar-refractivity contribution in [1.82, 2.24) is 19.6 Å². The van der Waals surface area contributed by atoms with Crippen LogP contribution in [0.4, 0.5) is 0 Å². The van der Waals surface area contributed by atoms with E-state index in [1.54, 1.807) is 19.1 Å². The van der Waals surface area contributed by atoms with Crippen LogP contribution in [0.2, 0.25) is 0 Å². The zero-order valence-electron chi connectivity index (χ0n) is 15.9. The van der Waals surface area contributed by atoms with Gasteiger partial charge in [-0.05, 0) is 26.0 Å². The number of thiophene rings is 1. The molecule has 0 amide bonds. The Morgan fingerprint density at radius 3 is 2.48 bits per heavy atom. The van der Waals surface area contributed by atoms with E-state index >= 15 is 0 Å². The van der Waals surface area contributed by atoms with Crippen LogP contribution in [0.25, 0.3) is 10.4 Å². The topological polar surface area (TPSA) is 102 Å². The predicted octanol–water partition coefficient (Wildman–Crippen LogP) is 3.74. The molecule has 0 aliphatic rings. The number of hydrogen-bond donors (Lipinski definition) is 0. The zero-order valence-corrected chi connectivity index (χ0v) is 17.5. The Hall–Kier alpha value is -2.04. The minimum Gasteiger partial charge on any atom is -0.361 e. The smallest absolute Gasteiger partial charge is 0.253 e. The molecule has 0 unspecified atom stereocenters. The highest BCUT2D eigenvalue weighted by Crippen LogP contribution is 2.36. The maximum absolute atomic E-state index is 13.1. The maximum Gasteiger partial charge on any atom is 0.253 e. The predicted molar refractivity (Wildman–Crippen MR) is 101 cm³/mol. The molecular formula is C17H22N4O4S2. The molecule has 0 spiro atoms. The van der Waals surface area contributed by atoms with Crippen LogP contribution in [0.5, 0.6) is 0 Å². The normalized spacial score (nSPS) is 12.4. The number of aromatic nitrogens is 3. The second kappa shape index (κ2) is 7.53. The van der Waals surface area contributed by atoms with Crippen molar-refractivity contribution in [1.29, 1.82) is 0 Å². The monoisotopic (exact) mass is 410 g/mol. The standard InChI is InChI=1S/C17H22N4O4S2/c1-6-21(9-14-18-17(10(2)3)20-25-14)27(22,23)15-8-7-13(26-15)16-11(4)19-24-12(16)5/h7-8,10H,6,9H2,1-5H3. The summed E-state index contributed by atoms with van der Waals surface area (Å²) in [6.45, 7) is 9.65. The van der Waals surface area contributed by atoms with Gasteiger partial charge in [-0.2, -0.15) is 9.29 Å². The van der Waals surface area contributed by atoms with E-state index in [1.807, 2.05) is 27.7 Å². The molecule has 3 aromatic rings. The summed E-state index contributed by atoms with van der Waals surface area (Å²) >= 11 is 1.19. The van der Waals surface area contributed by atoms with E-state index in [1.165, 1.54) is 15.6 Å². The number of nitrogens with zero attached hydrogens (tertiary/aromatic N) is 4. The van der Waals surface area contributed by atoms with Gasteiger partial charge < -0.3 is 9.05 Å². The van der Waals surface area contributed by atoms with E-state index in [0.29, 0.717) is 18.1 Å². The Bertz CT molecular complexity index is 1010. The summed E-state index contributed by atoms with van der Waals surface area (Å²) in [7, 11) is -3.68. The second-order valence-electron chi connectivity index (χ2n) is 6.45. The Morgan fingerprint density at radius 2 is 1.93 bits per heavy atom. The summed E-state index contributed by atoms with van der Waals surface area (Å²) in [5, 5.41) is 7.82. The molecule has 0 aliphatic heterocycles. The van der Waals surface area contributed by atoms with Crippen molar-refractivity contribution in [2.75, 3.05) is 6.54 Å². The first-order chi connectivity index (χ1) is 12.7. The van der Waals surface area contributed by atoms with Gasteiger partial charge in [0.1, 0.15) is 9.97 Å². The fraction of sp³-hybridized carbons (Fsp3) is 0.471. The van der Waals surface area contributed by atoms with Crippen LogP contribution < -0.4 is 0 Å². The lowest BCUT2D eigenvalue weighted by atomic mass is 10.2. The molecule has 8 nitrogen and oxygen atoms in total. The summed E-state index contributed by atoms with van der Waals surface area (Å²) in [4.78, 5) is 5.08. The Kier molecular flexibility index (Phi) is 5.50. The van der Waals surface area contributed by atoms with E-state index in [-0.39, 0.29) is 22.6 Å². The number of sulfonamides is 1. The van der Waals surface area contributed by atoms with Crippen molar-refractivity contribution < 1.29 is 17.5 Å². The van der Waals surface area contributed by atoms with Crippen molar-refractivity contribution in [3.8, 4) is 10.4 Å². The van der Waals surface area contributed by atoms with Crippen LogP contribution in [0.3, 0.4) is 0 Å². The molecule has 3 aromatic heterocycles. The Morgan fingerprint density at radius 1 is 1.19 bits per heavy atom. The number of rotatable bonds is 7. The average molecular weight is 411 g/mol. The minimum absolute atomic E-state index is 0.0388. The third-order valence-corrected chi connectivity index (χ3v) is 7.61. The van der Waals surface area contributed by atoms with E-state index < -0.39 is 10.0 Å². The molecule has 10 heteroatoms. The second-order valence-corrected chi connectivity index (χ2v) is 9.70. The molecule has 0 bridgehead atoms. The van der Waals surface area contributed by atoms with Gasteiger partial charge in [0.2, 0.25) is 5.89 Å². The van der Waals surface area contributed by atoms with Gasteiger partial charge in [0, 0.05) is 17.3 Å². The first kappa shape index (κ1) is 19.7. The lowest BCUT2D eigenvalue weighted by Crippen LogP contribution is -2.30. The molecule has 0 saturated carbocycles. The summed E-state index contributed by atoms with van der Waals surface area (Å²) in [6, 6.07) is 3.39.